The molecule has 3 nitrogen and oxygen atoms in total. The maximum Gasteiger partial charge on any atom is 0.130 e. The molecule has 1 heterocycles. The molecule has 0 radical (unpaired) electrons. The number of benzene rings is 1. The highest BCUT2D eigenvalue weighted by atomic mass is 19.1. The topological polar surface area (TPSA) is 43.8 Å². The number of hydrogen-bond donors (Lipinski definition) is 1. The number of hydrogen-bond acceptors (Lipinski definition) is 2. The van der Waals surface area contributed by atoms with Gasteiger partial charge in [-0.25, -0.2) is 9.37 Å². The summed E-state index contributed by atoms with van der Waals surface area (Å²) in [6, 6.07) is 4.77. The molecule has 2 aromatic rings. The first-order valence-electron chi connectivity index (χ1n) is 6.78. The van der Waals surface area contributed by atoms with Crippen molar-refractivity contribution in [3.63, 3.8) is 0 Å². The van der Waals surface area contributed by atoms with Crippen molar-refractivity contribution in [2.75, 3.05) is 0 Å². The Morgan fingerprint density at radius 3 is 2.89 bits per heavy atom. The van der Waals surface area contributed by atoms with Gasteiger partial charge in [0.05, 0.1) is 17.7 Å². The minimum atomic E-state index is -0.335. The van der Waals surface area contributed by atoms with Crippen molar-refractivity contribution in [3.05, 3.63) is 47.3 Å². The third kappa shape index (κ3) is 2.06. The standard InChI is InChI=1S/C15H18FN3/c1-10(17)15-11(16)5-4-8-14(15)19-9-18-12-6-2-3-7-13(12)19/h4-5,8-10H,2-3,6-7,17H2,1H3. The molecule has 1 aromatic heterocycles. The Hall–Kier alpha value is -1.68. The molecular weight excluding hydrogens is 241 g/mol. The fourth-order valence-corrected chi connectivity index (χ4v) is 2.86. The molecule has 3 rings (SSSR count). The zero-order valence-corrected chi connectivity index (χ0v) is 11.1. The first-order chi connectivity index (χ1) is 9.18. The van der Waals surface area contributed by atoms with Crippen molar-refractivity contribution < 1.29 is 4.39 Å². The lowest BCUT2D eigenvalue weighted by atomic mass is 10.00. The summed E-state index contributed by atoms with van der Waals surface area (Å²) in [5, 5.41) is 0. The molecule has 1 unspecified atom stereocenters. The van der Waals surface area contributed by atoms with E-state index in [2.05, 4.69) is 4.98 Å². The number of aryl methyl sites for hydroxylation is 1. The second-order valence-corrected chi connectivity index (χ2v) is 5.18. The van der Waals surface area contributed by atoms with Crippen LogP contribution in [0.15, 0.2) is 24.5 Å². The van der Waals surface area contributed by atoms with Gasteiger partial charge in [0.1, 0.15) is 5.82 Å². The molecule has 0 bridgehead atoms. The Kier molecular flexibility index (Phi) is 3.11. The third-order valence-electron chi connectivity index (χ3n) is 3.77. The molecule has 0 amide bonds. The Morgan fingerprint density at radius 1 is 1.32 bits per heavy atom. The zero-order valence-electron chi connectivity index (χ0n) is 11.1. The van der Waals surface area contributed by atoms with Crippen molar-refractivity contribution in [1.82, 2.24) is 9.55 Å². The van der Waals surface area contributed by atoms with Crippen LogP contribution in [0.1, 0.15) is 42.8 Å². The molecule has 1 aliphatic rings. The molecule has 1 atom stereocenters. The summed E-state index contributed by atoms with van der Waals surface area (Å²) in [5.74, 6) is -0.245. The lowest BCUT2D eigenvalue weighted by Crippen LogP contribution is -2.14. The summed E-state index contributed by atoms with van der Waals surface area (Å²) in [5.41, 5.74) is 9.66. The minimum absolute atomic E-state index is 0.245. The van der Waals surface area contributed by atoms with Crippen LogP contribution in [0.4, 0.5) is 4.39 Å². The van der Waals surface area contributed by atoms with Gasteiger partial charge < -0.3 is 10.3 Å². The van der Waals surface area contributed by atoms with Gasteiger partial charge in [-0.3, -0.25) is 0 Å². The number of rotatable bonds is 2. The second-order valence-electron chi connectivity index (χ2n) is 5.18. The predicted octanol–water partition coefficient (Wildman–Crippen LogP) is 2.91. The van der Waals surface area contributed by atoms with E-state index in [1.165, 1.54) is 24.6 Å². The Labute approximate surface area is 112 Å². The number of halogens is 1. The van der Waals surface area contributed by atoms with E-state index in [1.807, 2.05) is 17.6 Å². The molecule has 2 N–H and O–H groups in total. The minimum Gasteiger partial charge on any atom is -0.324 e. The molecule has 100 valence electrons. The third-order valence-corrected chi connectivity index (χ3v) is 3.77. The van der Waals surface area contributed by atoms with E-state index in [4.69, 9.17) is 5.73 Å². The van der Waals surface area contributed by atoms with E-state index in [-0.39, 0.29) is 11.9 Å². The highest BCUT2D eigenvalue weighted by molar-refractivity contribution is 5.46. The molecular formula is C15H18FN3. The van der Waals surface area contributed by atoms with Gasteiger partial charge >= 0.3 is 0 Å². The molecule has 0 saturated carbocycles. The molecule has 0 fully saturated rings. The average molecular weight is 259 g/mol. The summed E-state index contributed by atoms with van der Waals surface area (Å²) < 4.78 is 16.0. The largest absolute Gasteiger partial charge is 0.324 e. The summed E-state index contributed by atoms with van der Waals surface area (Å²) >= 11 is 0. The molecule has 0 spiro atoms. The van der Waals surface area contributed by atoms with Crippen molar-refractivity contribution in [2.45, 2.75) is 38.6 Å². The van der Waals surface area contributed by atoms with Crippen molar-refractivity contribution in [2.24, 2.45) is 5.73 Å². The first kappa shape index (κ1) is 12.4. The van der Waals surface area contributed by atoms with Crippen LogP contribution in [-0.4, -0.2) is 9.55 Å². The van der Waals surface area contributed by atoms with E-state index >= 15 is 0 Å². The van der Waals surface area contributed by atoms with Crippen LogP contribution >= 0.6 is 0 Å². The summed E-state index contributed by atoms with van der Waals surface area (Å²) in [7, 11) is 0. The maximum atomic E-state index is 14.0. The summed E-state index contributed by atoms with van der Waals surface area (Å²) in [4.78, 5) is 4.46. The van der Waals surface area contributed by atoms with Gasteiger partial charge in [-0.05, 0) is 44.7 Å². The predicted molar refractivity (Wildman–Crippen MR) is 72.8 cm³/mol. The summed E-state index contributed by atoms with van der Waals surface area (Å²) in [6.45, 7) is 1.81. The maximum absolute atomic E-state index is 14.0. The van der Waals surface area contributed by atoms with Crippen molar-refractivity contribution in [1.29, 1.82) is 0 Å². The van der Waals surface area contributed by atoms with Gasteiger partial charge in [-0.2, -0.15) is 0 Å². The fourth-order valence-electron chi connectivity index (χ4n) is 2.86. The molecule has 0 aliphatic heterocycles. The lowest BCUT2D eigenvalue weighted by molar-refractivity contribution is 0.589. The molecule has 1 aromatic carbocycles. The quantitative estimate of drug-likeness (QED) is 0.901. The smallest absolute Gasteiger partial charge is 0.130 e. The van der Waals surface area contributed by atoms with E-state index in [1.54, 1.807) is 12.4 Å². The van der Waals surface area contributed by atoms with Gasteiger partial charge in [0, 0.05) is 17.3 Å². The van der Waals surface area contributed by atoms with E-state index in [9.17, 15) is 4.39 Å². The molecule has 0 saturated heterocycles. The van der Waals surface area contributed by atoms with Crippen LogP contribution in [0, 0.1) is 5.82 Å². The van der Waals surface area contributed by atoms with Crippen LogP contribution in [0.2, 0.25) is 0 Å². The molecule has 4 heteroatoms. The van der Waals surface area contributed by atoms with Gasteiger partial charge in [0.15, 0.2) is 0 Å². The molecule has 1 aliphatic carbocycles. The van der Waals surface area contributed by atoms with Crippen molar-refractivity contribution in [3.8, 4) is 5.69 Å². The van der Waals surface area contributed by atoms with Crippen LogP contribution < -0.4 is 5.73 Å². The van der Waals surface area contributed by atoms with Gasteiger partial charge in [-0.15, -0.1) is 0 Å². The number of nitrogens with two attached hydrogens (primary N) is 1. The normalized spacial score (nSPS) is 16.2. The Morgan fingerprint density at radius 2 is 2.11 bits per heavy atom. The van der Waals surface area contributed by atoms with Gasteiger partial charge in [0.25, 0.3) is 0 Å². The monoisotopic (exact) mass is 259 g/mol. The van der Waals surface area contributed by atoms with Crippen LogP contribution in [0.5, 0.6) is 0 Å². The number of aromatic nitrogens is 2. The van der Waals surface area contributed by atoms with E-state index in [0.717, 1.165) is 24.2 Å². The average Bonchev–Trinajstić information content (AvgIpc) is 2.81. The summed E-state index contributed by atoms with van der Waals surface area (Å²) in [6.07, 6.45) is 6.18. The van der Waals surface area contributed by atoms with Gasteiger partial charge in [-0.1, -0.05) is 6.07 Å². The van der Waals surface area contributed by atoms with E-state index < -0.39 is 0 Å². The Balaban J connectivity index is 2.17. The van der Waals surface area contributed by atoms with E-state index in [0.29, 0.717) is 5.56 Å². The van der Waals surface area contributed by atoms with Crippen molar-refractivity contribution >= 4 is 0 Å². The number of fused-ring (bicyclic) bond motifs is 1. The van der Waals surface area contributed by atoms with Crippen LogP contribution in [0.25, 0.3) is 5.69 Å². The highest BCUT2D eigenvalue weighted by Gasteiger charge is 2.20. The molecule has 19 heavy (non-hydrogen) atoms. The fraction of sp³-hybridized carbons (Fsp3) is 0.400. The van der Waals surface area contributed by atoms with Crippen LogP contribution in [-0.2, 0) is 12.8 Å². The van der Waals surface area contributed by atoms with Gasteiger partial charge in [0.2, 0.25) is 0 Å². The zero-order chi connectivity index (χ0) is 13.4. The second kappa shape index (κ2) is 4.78. The van der Waals surface area contributed by atoms with Crippen LogP contribution in [0.3, 0.4) is 0 Å². The lowest BCUT2D eigenvalue weighted by Gasteiger charge is -2.18. The Bertz CT molecular complexity index is 601. The number of nitrogens with zero attached hydrogens (tertiary/aromatic N) is 2. The highest BCUT2D eigenvalue weighted by Crippen LogP contribution is 2.28. The SMILES string of the molecule is CC(N)c1c(F)cccc1-n1cnc2c1CCCC2. The first-order valence-corrected chi connectivity index (χ1v) is 6.78. The number of imidazole rings is 1.